The molecule has 1 aliphatic rings. The minimum atomic E-state index is -0.290. The van der Waals surface area contributed by atoms with Gasteiger partial charge < -0.3 is 25.0 Å². The molecule has 0 radical (unpaired) electrons. The molecular formula is C27H39N5O4. The molecule has 1 aliphatic heterocycles. The molecule has 196 valence electrons. The zero-order valence-corrected chi connectivity index (χ0v) is 22.0. The van der Waals surface area contributed by atoms with E-state index in [1.165, 1.54) is 0 Å². The maximum absolute atomic E-state index is 13.4. The molecule has 0 aliphatic carbocycles. The van der Waals surface area contributed by atoms with Gasteiger partial charge in [-0.1, -0.05) is 19.9 Å². The van der Waals surface area contributed by atoms with Crippen LogP contribution in [-0.4, -0.2) is 79.3 Å². The lowest BCUT2D eigenvalue weighted by atomic mass is 10.0. The molecule has 0 spiro atoms. The predicted molar refractivity (Wildman–Crippen MR) is 140 cm³/mol. The lowest BCUT2D eigenvalue weighted by Crippen LogP contribution is -2.46. The van der Waals surface area contributed by atoms with Crippen LogP contribution >= 0.6 is 0 Å². The molecular weight excluding hydrogens is 458 g/mol. The van der Waals surface area contributed by atoms with Crippen LogP contribution in [-0.2, 0) is 11.3 Å². The second-order valence-corrected chi connectivity index (χ2v) is 9.48. The van der Waals surface area contributed by atoms with E-state index in [-0.39, 0.29) is 30.0 Å². The Labute approximate surface area is 214 Å². The number of aromatic nitrogens is 1. The van der Waals surface area contributed by atoms with Gasteiger partial charge in [0.15, 0.2) is 0 Å². The number of amides is 3. The molecule has 9 heteroatoms. The van der Waals surface area contributed by atoms with Crippen LogP contribution < -0.4 is 15.4 Å². The highest BCUT2D eigenvalue weighted by atomic mass is 16.5. The number of rotatable bonds is 6. The van der Waals surface area contributed by atoms with Crippen molar-refractivity contribution < 1.29 is 19.1 Å². The first kappa shape index (κ1) is 27.4. The largest absolute Gasteiger partial charge is 0.491 e. The van der Waals surface area contributed by atoms with Crippen molar-refractivity contribution in [1.29, 1.82) is 0 Å². The van der Waals surface area contributed by atoms with Gasteiger partial charge in [0, 0.05) is 70.5 Å². The van der Waals surface area contributed by atoms with Crippen molar-refractivity contribution in [3.63, 3.8) is 0 Å². The molecule has 0 saturated carbocycles. The van der Waals surface area contributed by atoms with Crippen LogP contribution in [0.1, 0.15) is 43.1 Å². The number of ether oxygens (including phenoxy) is 2. The molecule has 3 amide bonds. The SMILES string of the molecule is CCCNC(=O)Nc1ccc2c(c1)OC[C@@H](C)N(Cc1cccnc1)C[C@H](C)[C@@H](OC)CN(C)C2=O. The van der Waals surface area contributed by atoms with Gasteiger partial charge in [0.1, 0.15) is 12.4 Å². The summed E-state index contributed by atoms with van der Waals surface area (Å²) in [5.41, 5.74) is 2.13. The normalized spacial score (nSPS) is 21.5. The van der Waals surface area contributed by atoms with Crippen LogP contribution in [0.5, 0.6) is 5.75 Å². The molecule has 2 aromatic rings. The Balaban J connectivity index is 1.90. The summed E-state index contributed by atoms with van der Waals surface area (Å²) in [6.07, 6.45) is 4.37. The van der Waals surface area contributed by atoms with E-state index in [0.29, 0.717) is 36.7 Å². The fourth-order valence-electron chi connectivity index (χ4n) is 4.29. The number of hydrogen-bond donors (Lipinski definition) is 2. The summed E-state index contributed by atoms with van der Waals surface area (Å²) >= 11 is 0. The van der Waals surface area contributed by atoms with Crippen LogP contribution in [0, 0.1) is 5.92 Å². The highest BCUT2D eigenvalue weighted by molar-refractivity contribution is 5.98. The number of fused-ring (bicyclic) bond motifs is 1. The molecule has 36 heavy (non-hydrogen) atoms. The Hall–Kier alpha value is -3.17. The van der Waals surface area contributed by atoms with Gasteiger partial charge in [-0.25, -0.2) is 4.79 Å². The third kappa shape index (κ3) is 7.41. The van der Waals surface area contributed by atoms with E-state index in [1.807, 2.05) is 19.2 Å². The molecule has 0 unspecified atom stereocenters. The standard InChI is InChI=1S/C27H39N5O4/c1-6-11-29-27(34)30-22-9-10-23-24(13-22)36-18-20(3)32(16-21-8-7-12-28-14-21)15-19(2)25(35-5)17-31(4)26(23)33/h7-10,12-14,19-20,25H,6,11,15-18H2,1-5H3,(H2,29,30,34)/t19-,20+,25-/m0/s1. The van der Waals surface area contributed by atoms with Crippen molar-refractivity contribution in [2.75, 3.05) is 45.7 Å². The maximum atomic E-state index is 13.4. The highest BCUT2D eigenvalue weighted by Crippen LogP contribution is 2.27. The summed E-state index contributed by atoms with van der Waals surface area (Å²) in [5.74, 6) is 0.467. The topological polar surface area (TPSA) is 96.0 Å². The van der Waals surface area contributed by atoms with Gasteiger partial charge in [-0.3, -0.25) is 14.7 Å². The molecule has 0 fully saturated rings. The van der Waals surface area contributed by atoms with Crippen molar-refractivity contribution in [2.45, 2.75) is 45.9 Å². The van der Waals surface area contributed by atoms with E-state index in [9.17, 15) is 9.59 Å². The van der Waals surface area contributed by atoms with Gasteiger partial charge in [0.25, 0.3) is 5.91 Å². The molecule has 9 nitrogen and oxygen atoms in total. The lowest BCUT2D eigenvalue weighted by Gasteiger charge is -2.36. The lowest BCUT2D eigenvalue weighted by molar-refractivity contribution is 0.00920. The van der Waals surface area contributed by atoms with E-state index >= 15 is 0 Å². The smallest absolute Gasteiger partial charge is 0.319 e. The average Bonchev–Trinajstić information content (AvgIpc) is 2.88. The van der Waals surface area contributed by atoms with E-state index < -0.39 is 0 Å². The fraction of sp³-hybridized carbons (Fsp3) is 0.519. The van der Waals surface area contributed by atoms with Crippen molar-refractivity contribution in [2.24, 2.45) is 5.92 Å². The van der Waals surface area contributed by atoms with Gasteiger partial charge in [0.05, 0.1) is 11.7 Å². The Morgan fingerprint density at radius 3 is 2.75 bits per heavy atom. The fourth-order valence-corrected chi connectivity index (χ4v) is 4.29. The Morgan fingerprint density at radius 2 is 2.06 bits per heavy atom. The number of hydrogen-bond acceptors (Lipinski definition) is 6. The van der Waals surface area contributed by atoms with Crippen molar-refractivity contribution in [1.82, 2.24) is 20.1 Å². The third-order valence-corrected chi connectivity index (χ3v) is 6.48. The summed E-state index contributed by atoms with van der Waals surface area (Å²) in [6, 6.07) is 8.91. The predicted octanol–water partition coefficient (Wildman–Crippen LogP) is 3.62. The first-order chi connectivity index (χ1) is 17.3. The second-order valence-electron chi connectivity index (χ2n) is 9.48. The first-order valence-electron chi connectivity index (χ1n) is 12.5. The average molecular weight is 498 g/mol. The number of methoxy groups -OCH3 is 1. The Kier molecular flexibility index (Phi) is 10.1. The molecule has 3 rings (SSSR count). The number of likely N-dealkylation sites (N-methyl/N-ethyl adjacent to an activating group) is 1. The van der Waals surface area contributed by atoms with Crippen LogP contribution in [0.25, 0.3) is 0 Å². The number of urea groups is 1. The second kappa shape index (κ2) is 13.2. The van der Waals surface area contributed by atoms with E-state index in [0.717, 1.165) is 25.1 Å². The molecule has 2 heterocycles. The number of nitrogens with zero attached hydrogens (tertiary/aromatic N) is 3. The van der Waals surface area contributed by atoms with Crippen LogP contribution in [0.3, 0.4) is 0 Å². The Morgan fingerprint density at radius 1 is 1.25 bits per heavy atom. The molecule has 0 saturated heterocycles. The zero-order chi connectivity index (χ0) is 26.1. The Bertz CT molecular complexity index is 1000. The summed E-state index contributed by atoms with van der Waals surface area (Å²) in [4.78, 5) is 33.8. The van der Waals surface area contributed by atoms with E-state index in [2.05, 4.69) is 40.4 Å². The van der Waals surface area contributed by atoms with E-state index in [1.54, 1.807) is 43.5 Å². The number of carbonyl (C=O) groups is 2. The number of pyridine rings is 1. The summed E-state index contributed by atoms with van der Waals surface area (Å²) in [6.45, 7) is 9.16. The number of nitrogens with one attached hydrogen (secondary N) is 2. The monoisotopic (exact) mass is 497 g/mol. The summed E-state index contributed by atoms with van der Waals surface area (Å²) in [7, 11) is 3.47. The van der Waals surface area contributed by atoms with Gasteiger partial charge in [0.2, 0.25) is 0 Å². The van der Waals surface area contributed by atoms with Gasteiger partial charge in [-0.15, -0.1) is 0 Å². The van der Waals surface area contributed by atoms with Crippen LogP contribution in [0.2, 0.25) is 0 Å². The van der Waals surface area contributed by atoms with Gasteiger partial charge in [-0.2, -0.15) is 0 Å². The zero-order valence-electron chi connectivity index (χ0n) is 22.0. The van der Waals surface area contributed by atoms with Crippen LogP contribution in [0.15, 0.2) is 42.7 Å². The third-order valence-electron chi connectivity index (χ3n) is 6.48. The molecule has 3 atom stereocenters. The molecule has 0 bridgehead atoms. The molecule has 1 aromatic heterocycles. The summed E-state index contributed by atoms with van der Waals surface area (Å²) in [5, 5.41) is 5.61. The van der Waals surface area contributed by atoms with Crippen molar-refractivity contribution in [3.05, 3.63) is 53.9 Å². The van der Waals surface area contributed by atoms with Crippen LogP contribution in [0.4, 0.5) is 10.5 Å². The van der Waals surface area contributed by atoms with E-state index in [4.69, 9.17) is 9.47 Å². The van der Waals surface area contributed by atoms with Gasteiger partial charge in [-0.05, 0) is 43.0 Å². The quantitative estimate of drug-likeness (QED) is 0.633. The summed E-state index contributed by atoms with van der Waals surface area (Å²) < 4.78 is 12.1. The minimum Gasteiger partial charge on any atom is -0.491 e. The van der Waals surface area contributed by atoms with Crippen molar-refractivity contribution in [3.8, 4) is 5.75 Å². The number of anilines is 1. The molecule has 1 aromatic carbocycles. The highest BCUT2D eigenvalue weighted by Gasteiger charge is 2.28. The maximum Gasteiger partial charge on any atom is 0.319 e. The van der Waals surface area contributed by atoms with Crippen molar-refractivity contribution >= 4 is 17.6 Å². The number of benzene rings is 1. The van der Waals surface area contributed by atoms with Gasteiger partial charge >= 0.3 is 6.03 Å². The molecule has 2 N–H and O–H groups in total. The minimum absolute atomic E-state index is 0.0507. The number of carbonyl (C=O) groups excluding carboxylic acids is 2. The first-order valence-corrected chi connectivity index (χ1v) is 12.5.